The highest BCUT2D eigenvalue weighted by Gasteiger charge is 2.28. The predicted octanol–water partition coefficient (Wildman–Crippen LogP) is 2.46. The van der Waals surface area contributed by atoms with Crippen molar-refractivity contribution in [1.82, 2.24) is 9.29 Å². The Morgan fingerprint density at radius 3 is 2.64 bits per heavy atom. The van der Waals surface area contributed by atoms with Gasteiger partial charge in [0, 0.05) is 30.0 Å². The van der Waals surface area contributed by atoms with E-state index < -0.39 is 10.0 Å². The standard InChI is InChI=1S/C17H18Cl2N4O4S/c18-12-3-4-20-16(9-12)22-17(24)11-21-13-1-2-14(19)15(10-13)28(25,26)23-5-7-27-8-6-23/h1-4,9-10,21H,5-8,11H2,(H,20,22,24). The highest BCUT2D eigenvalue weighted by molar-refractivity contribution is 7.89. The van der Waals surface area contributed by atoms with E-state index in [4.69, 9.17) is 27.9 Å². The van der Waals surface area contributed by atoms with Crippen molar-refractivity contribution in [1.29, 1.82) is 0 Å². The summed E-state index contributed by atoms with van der Waals surface area (Å²) in [4.78, 5) is 16.0. The third-order valence-corrected chi connectivity index (χ3v) is 6.58. The fourth-order valence-electron chi connectivity index (χ4n) is 2.58. The number of nitrogens with one attached hydrogen (secondary N) is 2. The highest BCUT2D eigenvalue weighted by atomic mass is 35.5. The van der Waals surface area contributed by atoms with Crippen LogP contribution in [-0.4, -0.2) is 56.5 Å². The summed E-state index contributed by atoms with van der Waals surface area (Å²) in [6.45, 7) is 1.13. The number of ether oxygens (including phenoxy) is 1. The summed E-state index contributed by atoms with van der Waals surface area (Å²) < 4.78 is 32.2. The zero-order valence-corrected chi connectivity index (χ0v) is 17.0. The summed E-state index contributed by atoms with van der Waals surface area (Å²) in [6.07, 6.45) is 1.48. The van der Waals surface area contributed by atoms with Crippen molar-refractivity contribution < 1.29 is 17.9 Å². The van der Waals surface area contributed by atoms with E-state index in [2.05, 4.69) is 15.6 Å². The van der Waals surface area contributed by atoms with Crippen LogP contribution in [-0.2, 0) is 19.6 Å². The lowest BCUT2D eigenvalue weighted by molar-refractivity contribution is -0.114. The molecule has 1 aliphatic heterocycles. The second kappa shape index (κ2) is 9.06. The summed E-state index contributed by atoms with van der Waals surface area (Å²) in [7, 11) is -3.75. The molecule has 0 aliphatic carbocycles. The van der Waals surface area contributed by atoms with Crippen molar-refractivity contribution in [2.45, 2.75) is 4.90 Å². The predicted molar refractivity (Wildman–Crippen MR) is 107 cm³/mol. The molecular weight excluding hydrogens is 427 g/mol. The molecule has 1 aromatic carbocycles. The number of morpholine rings is 1. The first kappa shape index (κ1) is 20.8. The Balaban J connectivity index is 1.68. The Kier molecular flexibility index (Phi) is 6.73. The third-order valence-electron chi connectivity index (χ3n) is 3.96. The summed E-state index contributed by atoms with van der Waals surface area (Å²) in [5.74, 6) is -0.0340. The number of benzene rings is 1. The number of sulfonamides is 1. The van der Waals surface area contributed by atoms with Gasteiger partial charge in [0.1, 0.15) is 10.7 Å². The lowest BCUT2D eigenvalue weighted by Crippen LogP contribution is -2.40. The molecule has 0 radical (unpaired) electrons. The number of pyridine rings is 1. The zero-order valence-electron chi connectivity index (χ0n) is 14.7. The normalized spacial score (nSPS) is 15.2. The van der Waals surface area contributed by atoms with Crippen LogP contribution >= 0.6 is 23.2 Å². The number of anilines is 2. The number of nitrogens with zero attached hydrogens (tertiary/aromatic N) is 2. The van der Waals surface area contributed by atoms with E-state index >= 15 is 0 Å². The first-order chi connectivity index (χ1) is 13.4. The molecule has 0 spiro atoms. The molecule has 28 heavy (non-hydrogen) atoms. The minimum absolute atomic E-state index is 0.0158. The van der Waals surface area contributed by atoms with Crippen LogP contribution in [0.5, 0.6) is 0 Å². The number of halogens is 2. The van der Waals surface area contributed by atoms with Crippen LogP contribution in [0.25, 0.3) is 0 Å². The van der Waals surface area contributed by atoms with E-state index in [0.717, 1.165) is 0 Å². The van der Waals surface area contributed by atoms with Crippen molar-refractivity contribution in [3.8, 4) is 0 Å². The number of aromatic nitrogens is 1. The van der Waals surface area contributed by atoms with Crippen molar-refractivity contribution in [2.24, 2.45) is 0 Å². The molecule has 0 bridgehead atoms. The molecule has 150 valence electrons. The van der Waals surface area contributed by atoms with Crippen LogP contribution in [0.1, 0.15) is 0 Å². The molecule has 0 unspecified atom stereocenters. The fourth-order valence-corrected chi connectivity index (χ4v) is 4.65. The van der Waals surface area contributed by atoms with Gasteiger partial charge in [0.2, 0.25) is 15.9 Å². The van der Waals surface area contributed by atoms with Gasteiger partial charge in [0.15, 0.2) is 0 Å². The molecule has 0 atom stereocenters. The lowest BCUT2D eigenvalue weighted by Gasteiger charge is -2.26. The van der Waals surface area contributed by atoms with Crippen LogP contribution in [0, 0.1) is 0 Å². The first-order valence-electron chi connectivity index (χ1n) is 8.39. The van der Waals surface area contributed by atoms with Gasteiger partial charge < -0.3 is 15.4 Å². The van der Waals surface area contributed by atoms with E-state index in [-0.39, 0.29) is 35.5 Å². The Labute approximate surface area is 172 Å². The average molecular weight is 445 g/mol. The molecule has 0 saturated carbocycles. The van der Waals surface area contributed by atoms with E-state index in [0.29, 0.717) is 29.7 Å². The van der Waals surface area contributed by atoms with Gasteiger partial charge in [0.05, 0.1) is 24.8 Å². The van der Waals surface area contributed by atoms with Crippen molar-refractivity contribution in [3.05, 3.63) is 46.6 Å². The summed E-state index contributed by atoms with van der Waals surface area (Å²) in [5, 5.41) is 6.05. The average Bonchev–Trinajstić information content (AvgIpc) is 2.68. The zero-order chi connectivity index (χ0) is 20.1. The number of carbonyl (C=O) groups excluding carboxylic acids is 1. The largest absolute Gasteiger partial charge is 0.379 e. The topological polar surface area (TPSA) is 101 Å². The summed E-state index contributed by atoms with van der Waals surface area (Å²) in [6, 6.07) is 7.62. The molecule has 1 aromatic heterocycles. The molecule has 2 N–H and O–H groups in total. The Bertz CT molecular complexity index is 965. The van der Waals surface area contributed by atoms with Crippen LogP contribution in [0.3, 0.4) is 0 Å². The Morgan fingerprint density at radius 1 is 1.18 bits per heavy atom. The van der Waals surface area contributed by atoms with Crippen molar-refractivity contribution >= 4 is 50.6 Å². The van der Waals surface area contributed by atoms with Gasteiger partial charge in [-0.3, -0.25) is 4.79 Å². The van der Waals surface area contributed by atoms with Crippen molar-refractivity contribution in [2.75, 3.05) is 43.5 Å². The van der Waals surface area contributed by atoms with Gasteiger partial charge in [-0.25, -0.2) is 13.4 Å². The number of rotatable bonds is 6. The number of amides is 1. The van der Waals surface area contributed by atoms with Gasteiger partial charge in [-0.1, -0.05) is 23.2 Å². The number of hydrogen-bond donors (Lipinski definition) is 2. The van der Waals surface area contributed by atoms with Gasteiger partial charge in [-0.2, -0.15) is 4.31 Å². The summed E-state index contributed by atoms with van der Waals surface area (Å²) in [5.41, 5.74) is 0.449. The molecule has 1 aliphatic rings. The quantitative estimate of drug-likeness (QED) is 0.709. The molecule has 1 amide bonds. The minimum Gasteiger partial charge on any atom is -0.379 e. The third kappa shape index (κ3) is 5.12. The van der Waals surface area contributed by atoms with E-state index in [9.17, 15) is 13.2 Å². The maximum atomic E-state index is 12.8. The molecule has 3 rings (SSSR count). The Hall–Kier alpha value is -1.91. The second-order valence-electron chi connectivity index (χ2n) is 5.92. The van der Waals surface area contributed by atoms with Gasteiger partial charge >= 0.3 is 0 Å². The molecule has 8 nitrogen and oxygen atoms in total. The smallest absolute Gasteiger partial charge is 0.244 e. The maximum Gasteiger partial charge on any atom is 0.244 e. The van der Waals surface area contributed by atoms with Crippen LogP contribution < -0.4 is 10.6 Å². The van der Waals surface area contributed by atoms with E-state index in [1.54, 1.807) is 12.1 Å². The molecule has 1 fully saturated rings. The highest BCUT2D eigenvalue weighted by Crippen LogP contribution is 2.28. The maximum absolute atomic E-state index is 12.8. The SMILES string of the molecule is O=C(CNc1ccc(Cl)c(S(=O)(=O)N2CCOCC2)c1)Nc1cc(Cl)ccn1. The molecule has 2 heterocycles. The molecule has 11 heteroatoms. The first-order valence-corrected chi connectivity index (χ1v) is 10.6. The number of carbonyl (C=O) groups is 1. The van der Waals surface area contributed by atoms with Gasteiger partial charge in [0.25, 0.3) is 0 Å². The molecular formula is C17H18Cl2N4O4S. The van der Waals surface area contributed by atoms with E-state index in [1.165, 1.54) is 28.7 Å². The molecule has 1 saturated heterocycles. The second-order valence-corrected chi connectivity index (χ2v) is 8.67. The Morgan fingerprint density at radius 2 is 1.93 bits per heavy atom. The van der Waals surface area contributed by atoms with E-state index in [1.807, 2.05) is 0 Å². The van der Waals surface area contributed by atoms with Crippen molar-refractivity contribution in [3.63, 3.8) is 0 Å². The summed E-state index contributed by atoms with van der Waals surface area (Å²) >= 11 is 12.0. The van der Waals surface area contributed by atoms with Gasteiger partial charge in [-0.15, -0.1) is 0 Å². The molecule has 2 aromatic rings. The lowest BCUT2D eigenvalue weighted by atomic mass is 10.3. The van der Waals surface area contributed by atoms with Crippen LogP contribution in [0.2, 0.25) is 10.0 Å². The van der Waals surface area contributed by atoms with Gasteiger partial charge in [-0.05, 0) is 30.3 Å². The fraction of sp³-hybridized carbons (Fsp3) is 0.294. The van der Waals surface area contributed by atoms with Crippen LogP contribution in [0.15, 0.2) is 41.4 Å². The van der Waals surface area contributed by atoms with Crippen LogP contribution in [0.4, 0.5) is 11.5 Å². The minimum atomic E-state index is -3.75. The monoisotopic (exact) mass is 444 g/mol. The number of hydrogen-bond acceptors (Lipinski definition) is 6.